The molecule has 156 valence electrons. The van der Waals surface area contributed by atoms with Crippen LogP contribution in [0.4, 0.5) is 5.69 Å². The Morgan fingerprint density at radius 2 is 1.74 bits per heavy atom. The highest BCUT2D eigenvalue weighted by atomic mass is 16.5. The zero-order chi connectivity index (χ0) is 22.1. The number of benzene rings is 2. The molecule has 7 nitrogen and oxygen atoms in total. The SMILES string of the molecule is COC(=O)c1cccc(NC(=O)c2cc(-c3ccc(C)cc3)nc3onc(C)c23)c1C. The van der Waals surface area contributed by atoms with E-state index < -0.39 is 5.97 Å². The van der Waals surface area contributed by atoms with Crippen LogP contribution in [0.25, 0.3) is 22.4 Å². The van der Waals surface area contributed by atoms with Crippen LogP contribution in [0.2, 0.25) is 0 Å². The van der Waals surface area contributed by atoms with E-state index in [9.17, 15) is 9.59 Å². The lowest BCUT2D eigenvalue weighted by molar-refractivity contribution is 0.0599. The van der Waals surface area contributed by atoms with Crippen LogP contribution in [0.5, 0.6) is 0 Å². The van der Waals surface area contributed by atoms with E-state index in [1.54, 1.807) is 38.1 Å². The first kappa shape index (κ1) is 20.3. The number of nitrogens with zero attached hydrogens (tertiary/aromatic N) is 2. The summed E-state index contributed by atoms with van der Waals surface area (Å²) in [6.07, 6.45) is 0. The van der Waals surface area contributed by atoms with E-state index in [-0.39, 0.29) is 5.91 Å². The van der Waals surface area contributed by atoms with E-state index in [4.69, 9.17) is 9.26 Å². The highest BCUT2D eigenvalue weighted by Crippen LogP contribution is 2.28. The fraction of sp³-hybridized carbons (Fsp3) is 0.167. The molecule has 2 heterocycles. The number of rotatable bonds is 4. The number of pyridine rings is 1. The first-order chi connectivity index (χ1) is 14.9. The summed E-state index contributed by atoms with van der Waals surface area (Å²) >= 11 is 0. The maximum atomic E-state index is 13.3. The van der Waals surface area contributed by atoms with Gasteiger partial charge in [0.2, 0.25) is 0 Å². The Balaban J connectivity index is 1.78. The van der Waals surface area contributed by atoms with Crippen LogP contribution in [0.1, 0.15) is 37.5 Å². The van der Waals surface area contributed by atoms with Gasteiger partial charge < -0.3 is 14.6 Å². The molecule has 0 aliphatic heterocycles. The van der Waals surface area contributed by atoms with Crippen molar-refractivity contribution < 1.29 is 18.8 Å². The largest absolute Gasteiger partial charge is 0.465 e. The van der Waals surface area contributed by atoms with Crippen molar-refractivity contribution in [3.05, 3.63) is 76.5 Å². The van der Waals surface area contributed by atoms with Crippen molar-refractivity contribution in [1.82, 2.24) is 10.1 Å². The number of hydrogen-bond donors (Lipinski definition) is 1. The fourth-order valence-corrected chi connectivity index (χ4v) is 3.44. The Kier molecular flexibility index (Phi) is 5.25. The standard InChI is InChI=1S/C24H21N3O4/c1-13-8-10-16(11-9-13)20-12-18(21-15(3)27-31-23(21)26-20)22(28)25-19-7-5-6-17(14(19)2)24(29)30-4/h5-12H,1-4H3,(H,25,28). The fourth-order valence-electron chi connectivity index (χ4n) is 3.44. The monoisotopic (exact) mass is 415 g/mol. The van der Waals surface area contributed by atoms with Crippen LogP contribution in [0.15, 0.2) is 53.1 Å². The first-order valence-electron chi connectivity index (χ1n) is 9.72. The maximum Gasteiger partial charge on any atom is 0.338 e. The molecule has 0 bridgehead atoms. The van der Waals surface area contributed by atoms with Gasteiger partial charge in [-0.1, -0.05) is 41.1 Å². The second-order valence-corrected chi connectivity index (χ2v) is 7.29. The van der Waals surface area contributed by atoms with E-state index in [1.165, 1.54) is 7.11 Å². The zero-order valence-electron chi connectivity index (χ0n) is 17.6. The molecular formula is C24H21N3O4. The molecule has 2 aromatic carbocycles. The predicted molar refractivity (Wildman–Crippen MR) is 117 cm³/mol. The molecular weight excluding hydrogens is 394 g/mol. The van der Waals surface area contributed by atoms with Crippen LogP contribution in [0.3, 0.4) is 0 Å². The minimum Gasteiger partial charge on any atom is -0.465 e. The molecule has 1 N–H and O–H groups in total. The predicted octanol–water partition coefficient (Wildman–Crippen LogP) is 4.85. The van der Waals surface area contributed by atoms with Crippen molar-refractivity contribution in [1.29, 1.82) is 0 Å². The lowest BCUT2D eigenvalue weighted by atomic mass is 10.0. The molecule has 4 aromatic rings. The van der Waals surface area contributed by atoms with Gasteiger partial charge in [-0.2, -0.15) is 0 Å². The number of amides is 1. The minimum absolute atomic E-state index is 0.292. The Hall–Kier alpha value is -4.00. The Labute approximate surface area is 179 Å². The number of anilines is 1. The van der Waals surface area contributed by atoms with Gasteiger partial charge in [0.1, 0.15) is 0 Å². The molecule has 0 spiro atoms. The van der Waals surface area contributed by atoms with Gasteiger partial charge in [-0.25, -0.2) is 9.78 Å². The molecule has 7 heteroatoms. The van der Waals surface area contributed by atoms with E-state index in [0.717, 1.165) is 11.1 Å². The second-order valence-electron chi connectivity index (χ2n) is 7.29. The molecule has 0 saturated heterocycles. The van der Waals surface area contributed by atoms with E-state index in [1.807, 2.05) is 31.2 Å². The molecule has 0 saturated carbocycles. The third-order valence-corrected chi connectivity index (χ3v) is 5.20. The van der Waals surface area contributed by atoms with Crippen molar-refractivity contribution in [2.75, 3.05) is 12.4 Å². The van der Waals surface area contributed by atoms with Gasteiger partial charge in [-0.15, -0.1) is 0 Å². The summed E-state index contributed by atoms with van der Waals surface area (Å²) < 4.78 is 10.2. The molecule has 0 aliphatic carbocycles. The molecule has 0 unspecified atom stereocenters. The van der Waals surface area contributed by atoms with Gasteiger partial charge in [0.15, 0.2) is 0 Å². The van der Waals surface area contributed by atoms with Gasteiger partial charge in [0, 0.05) is 11.3 Å². The van der Waals surface area contributed by atoms with Crippen LogP contribution in [-0.4, -0.2) is 29.1 Å². The number of nitrogens with one attached hydrogen (secondary N) is 1. The smallest absolute Gasteiger partial charge is 0.338 e. The highest BCUT2D eigenvalue weighted by Gasteiger charge is 2.21. The van der Waals surface area contributed by atoms with Crippen molar-refractivity contribution in [3.63, 3.8) is 0 Å². The molecule has 1 amide bonds. The first-order valence-corrected chi connectivity index (χ1v) is 9.72. The van der Waals surface area contributed by atoms with Crippen LogP contribution >= 0.6 is 0 Å². The Bertz CT molecular complexity index is 1310. The van der Waals surface area contributed by atoms with Crippen LogP contribution in [0, 0.1) is 20.8 Å². The molecule has 4 rings (SSSR count). The number of fused-ring (bicyclic) bond motifs is 1. The van der Waals surface area contributed by atoms with Gasteiger partial charge in [0.05, 0.1) is 35.0 Å². The third-order valence-electron chi connectivity index (χ3n) is 5.20. The van der Waals surface area contributed by atoms with E-state index in [2.05, 4.69) is 15.5 Å². The summed E-state index contributed by atoms with van der Waals surface area (Å²) in [6.45, 7) is 5.52. The number of hydrogen-bond acceptors (Lipinski definition) is 6. The van der Waals surface area contributed by atoms with Gasteiger partial charge in [0.25, 0.3) is 11.6 Å². The number of esters is 1. The average Bonchev–Trinajstić information content (AvgIpc) is 3.15. The summed E-state index contributed by atoms with van der Waals surface area (Å²) in [5.74, 6) is -0.811. The van der Waals surface area contributed by atoms with Crippen molar-refractivity contribution >= 4 is 28.7 Å². The van der Waals surface area contributed by atoms with Crippen LogP contribution < -0.4 is 5.32 Å². The number of aryl methyl sites for hydroxylation is 2. The number of carbonyl (C=O) groups is 2. The zero-order valence-corrected chi connectivity index (χ0v) is 17.6. The summed E-state index contributed by atoms with van der Waals surface area (Å²) in [4.78, 5) is 29.8. The Morgan fingerprint density at radius 1 is 1.00 bits per heavy atom. The van der Waals surface area contributed by atoms with E-state index in [0.29, 0.717) is 44.9 Å². The van der Waals surface area contributed by atoms with Crippen molar-refractivity contribution in [3.8, 4) is 11.3 Å². The number of aromatic nitrogens is 2. The van der Waals surface area contributed by atoms with Gasteiger partial charge in [-0.05, 0) is 44.5 Å². The minimum atomic E-state index is -0.462. The third kappa shape index (κ3) is 3.77. The normalized spacial score (nSPS) is 10.8. The van der Waals surface area contributed by atoms with Crippen molar-refractivity contribution in [2.45, 2.75) is 20.8 Å². The van der Waals surface area contributed by atoms with Gasteiger partial charge in [-0.3, -0.25) is 4.79 Å². The van der Waals surface area contributed by atoms with E-state index >= 15 is 0 Å². The quantitative estimate of drug-likeness (QED) is 0.479. The molecule has 0 fully saturated rings. The lowest BCUT2D eigenvalue weighted by Gasteiger charge is -2.12. The summed E-state index contributed by atoms with van der Waals surface area (Å²) in [5.41, 5.74) is 5.37. The molecule has 0 aliphatic rings. The summed E-state index contributed by atoms with van der Waals surface area (Å²) in [6, 6.07) is 14.7. The Morgan fingerprint density at radius 3 is 2.45 bits per heavy atom. The number of carbonyl (C=O) groups excluding carboxylic acids is 2. The molecule has 0 atom stereocenters. The maximum absolute atomic E-state index is 13.3. The van der Waals surface area contributed by atoms with Gasteiger partial charge >= 0.3 is 5.97 Å². The average molecular weight is 415 g/mol. The van der Waals surface area contributed by atoms with Crippen LogP contribution in [-0.2, 0) is 4.74 Å². The highest BCUT2D eigenvalue weighted by molar-refractivity contribution is 6.13. The van der Waals surface area contributed by atoms with Crippen molar-refractivity contribution in [2.24, 2.45) is 0 Å². The molecule has 0 radical (unpaired) electrons. The second kappa shape index (κ2) is 8.02. The molecule has 2 aromatic heterocycles. The number of methoxy groups -OCH3 is 1. The summed E-state index contributed by atoms with van der Waals surface area (Å²) in [5, 5.41) is 7.43. The molecule has 31 heavy (non-hydrogen) atoms. The summed E-state index contributed by atoms with van der Waals surface area (Å²) in [7, 11) is 1.32. The lowest BCUT2D eigenvalue weighted by Crippen LogP contribution is -2.15. The topological polar surface area (TPSA) is 94.3 Å². The number of ether oxygens (including phenoxy) is 1.